The molecule has 1 aromatic heterocycles. The number of aliphatic carboxylic acids is 1. The van der Waals surface area contributed by atoms with Crippen LogP contribution in [0, 0.1) is 0 Å². The molecule has 4 amide bonds. The van der Waals surface area contributed by atoms with Gasteiger partial charge in [-0.3, -0.25) is 24.0 Å². The van der Waals surface area contributed by atoms with Crippen LogP contribution in [0.25, 0.3) is 10.9 Å². The first-order valence-corrected chi connectivity index (χ1v) is 10.8. The molecule has 2 aromatic rings. The van der Waals surface area contributed by atoms with Crippen LogP contribution in [0.3, 0.4) is 0 Å². The predicted molar refractivity (Wildman–Crippen MR) is 125 cm³/mol. The molecule has 0 fully saturated rings. The Morgan fingerprint density at radius 3 is 2.17 bits per heavy atom. The largest absolute Gasteiger partial charge is 0.480 e. The summed E-state index contributed by atoms with van der Waals surface area (Å²) >= 11 is 0. The number of hydrogen-bond acceptors (Lipinski definition) is 7. The summed E-state index contributed by atoms with van der Waals surface area (Å²) in [5.41, 5.74) is 12.3. The number of primary amides is 1. The highest BCUT2D eigenvalue weighted by atomic mass is 16.4. The van der Waals surface area contributed by atoms with Gasteiger partial charge in [0.2, 0.25) is 23.6 Å². The Morgan fingerprint density at radius 2 is 1.57 bits per heavy atom. The van der Waals surface area contributed by atoms with Gasteiger partial charge < -0.3 is 42.6 Å². The first kappa shape index (κ1) is 27.3. The van der Waals surface area contributed by atoms with Crippen LogP contribution in [-0.2, 0) is 30.4 Å². The van der Waals surface area contributed by atoms with Crippen LogP contribution < -0.4 is 27.4 Å². The summed E-state index contributed by atoms with van der Waals surface area (Å²) in [5, 5.41) is 26.4. The molecule has 5 atom stereocenters. The molecule has 13 heteroatoms. The van der Waals surface area contributed by atoms with Crippen LogP contribution in [0.5, 0.6) is 0 Å². The number of carbonyl (C=O) groups excluding carboxylic acids is 4. The zero-order chi connectivity index (χ0) is 26.3. The summed E-state index contributed by atoms with van der Waals surface area (Å²) in [6.07, 6.45) is -0.166. The fourth-order valence-electron chi connectivity index (χ4n) is 3.28. The number of fused-ring (bicyclic) bond motifs is 1. The van der Waals surface area contributed by atoms with Gasteiger partial charge in [0.15, 0.2) is 0 Å². The number of aromatic nitrogens is 1. The number of nitrogens with two attached hydrogens (primary N) is 2. The van der Waals surface area contributed by atoms with Crippen LogP contribution in [0.4, 0.5) is 0 Å². The first-order chi connectivity index (χ1) is 16.4. The molecule has 13 nitrogen and oxygen atoms in total. The fourth-order valence-corrected chi connectivity index (χ4v) is 3.28. The summed E-state index contributed by atoms with van der Waals surface area (Å²) in [5.74, 6) is -4.83. The number of H-pyrrole nitrogens is 1. The predicted octanol–water partition coefficient (Wildman–Crippen LogP) is -2.15. The van der Waals surface area contributed by atoms with Crippen molar-refractivity contribution in [2.45, 2.75) is 57.0 Å². The van der Waals surface area contributed by atoms with Crippen LogP contribution in [0.1, 0.15) is 25.8 Å². The summed E-state index contributed by atoms with van der Waals surface area (Å²) in [6.45, 7) is 2.52. The van der Waals surface area contributed by atoms with Gasteiger partial charge >= 0.3 is 5.97 Å². The Morgan fingerprint density at radius 1 is 0.971 bits per heavy atom. The van der Waals surface area contributed by atoms with Crippen molar-refractivity contribution in [3.8, 4) is 0 Å². The van der Waals surface area contributed by atoms with Crippen LogP contribution in [0.2, 0.25) is 0 Å². The van der Waals surface area contributed by atoms with Crippen molar-refractivity contribution in [3.05, 3.63) is 36.0 Å². The van der Waals surface area contributed by atoms with Gasteiger partial charge in [-0.05, 0) is 25.5 Å². The minimum atomic E-state index is -1.49. The second-order valence-electron chi connectivity index (χ2n) is 8.19. The molecule has 0 radical (unpaired) electrons. The molecular formula is C22H30N6O7. The number of aliphatic hydroxyl groups is 1. The van der Waals surface area contributed by atoms with Gasteiger partial charge in [-0.15, -0.1) is 0 Å². The number of benzene rings is 1. The Hall–Kier alpha value is -3.97. The molecule has 190 valence electrons. The minimum Gasteiger partial charge on any atom is -0.480 e. The highest BCUT2D eigenvalue weighted by Crippen LogP contribution is 2.19. The first-order valence-electron chi connectivity index (χ1n) is 10.8. The number of carboxylic acid groups (broad SMARTS) is 1. The maximum absolute atomic E-state index is 13.2. The van der Waals surface area contributed by atoms with E-state index < -0.39 is 66.3 Å². The molecule has 2 rings (SSSR count). The second-order valence-corrected chi connectivity index (χ2v) is 8.19. The summed E-state index contributed by atoms with van der Waals surface area (Å²) in [7, 11) is 0. The van der Waals surface area contributed by atoms with Crippen molar-refractivity contribution in [1.29, 1.82) is 0 Å². The van der Waals surface area contributed by atoms with Crippen molar-refractivity contribution < 1.29 is 34.2 Å². The van der Waals surface area contributed by atoms with E-state index in [-0.39, 0.29) is 6.42 Å². The van der Waals surface area contributed by atoms with Gasteiger partial charge in [-0.1, -0.05) is 18.2 Å². The topological polar surface area (TPSA) is 230 Å². The Labute approximate surface area is 200 Å². The number of carboxylic acids is 1. The lowest BCUT2D eigenvalue weighted by Gasteiger charge is -2.24. The molecule has 0 aliphatic heterocycles. The van der Waals surface area contributed by atoms with Gasteiger partial charge in [0.1, 0.15) is 24.2 Å². The van der Waals surface area contributed by atoms with Crippen molar-refractivity contribution >= 4 is 40.5 Å². The Balaban J connectivity index is 2.30. The van der Waals surface area contributed by atoms with Crippen molar-refractivity contribution in [3.63, 3.8) is 0 Å². The fraction of sp³-hybridized carbons (Fsp3) is 0.409. The van der Waals surface area contributed by atoms with E-state index in [2.05, 4.69) is 20.9 Å². The average Bonchev–Trinajstić information content (AvgIpc) is 3.19. The van der Waals surface area contributed by atoms with Gasteiger partial charge in [0, 0.05) is 23.5 Å². The van der Waals surface area contributed by atoms with Crippen molar-refractivity contribution in [2.24, 2.45) is 11.5 Å². The molecule has 10 N–H and O–H groups in total. The van der Waals surface area contributed by atoms with E-state index >= 15 is 0 Å². The quantitative estimate of drug-likeness (QED) is 0.163. The monoisotopic (exact) mass is 490 g/mol. The molecule has 0 aliphatic carbocycles. The number of hydrogen-bond donors (Lipinski definition) is 8. The summed E-state index contributed by atoms with van der Waals surface area (Å²) in [4.78, 5) is 63.8. The molecular weight excluding hydrogens is 460 g/mol. The zero-order valence-corrected chi connectivity index (χ0v) is 19.3. The van der Waals surface area contributed by atoms with Gasteiger partial charge in [-0.25, -0.2) is 0 Å². The molecule has 0 saturated carbocycles. The lowest BCUT2D eigenvalue weighted by molar-refractivity contribution is -0.142. The lowest BCUT2D eigenvalue weighted by atomic mass is 10.0. The van der Waals surface area contributed by atoms with E-state index in [1.807, 2.05) is 18.2 Å². The highest BCUT2D eigenvalue weighted by molar-refractivity contribution is 5.96. The average molecular weight is 491 g/mol. The molecule has 0 bridgehead atoms. The summed E-state index contributed by atoms with van der Waals surface area (Å²) in [6, 6.07) is 1.90. The van der Waals surface area contributed by atoms with E-state index in [9.17, 15) is 29.1 Å². The van der Waals surface area contributed by atoms with Gasteiger partial charge in [0.05, 0.1) is 12.5 Å². The Kier molecular flexibility index (Phi) is 9.31. The van der Waals surface area contributed by atoms with Gasteiger partial charge in [-0.2, -0.15) is 0 Å². The van der Waals surface area contributed by atoms with E-state index in [1.54, 1.807) is 12.3 Å². The molecule has 35 heavy (non-hydrogen) atoms. The van der Waals surface area contributed by atoms with Crippen molar-refractivity contribution in [1.82, 2.24) is 20.9 Å². The number of aliphatic hydroxyl groups excluding tert-OH is 1. The SMILES string of the molecule is CC(NC(=O)C(CC(N)=O)NC(=O)C(Cc1c[nH]c2ccccc12)NC(=O)C(N)C(C)O)C(=O)O. The smallest absolute Gasteiger partial charge is 0.325 e. The Bertz CT molecular complexity index is 1100. The second kappa shape index (κ2) is 11.9. The number of rotatable bonds is 12. The minimum absolute atomic E-state index is 0.0233. The summed E-state index contributed by atoms with van der Waals surface area (Å²) < 4.78 is 0. The third-order valence-electron chi connectivity index (χ3n) is 5.32. The van der Waals surface area contributed by atoms with E-state index in [4.69, 9.17) is 16.6 Å². The standard InChI is InChI=1S/C22H30N6O7/c1-10(22(34)35)26-19(31)16(8-17(23)30)27-20(32)15(28-21(33)18(24)11(2)29)7-12-9-25-14-6-4-3-5-13(12)14/h3-6,9-11,15-16,18,25,29H,7-8,24H2,1-2H3,(H2,23,30)(H,26,31)(H,27,32)(H,28,33)(H,34,35). The number of nitrogens with one attached hydrogen (secondary N) is 4. The zero-order valence-electron chi connectivity index (χ0n) is 19.3. The van der Waals surface area contributed by atoms with E-state index in [0.717, 1.165) is 10.9 Å². The number of para-hydroxylation sites is 1. The highest BCUT2D eigenvalue weighted by Gasteiger charge is 2.31. The number of amides is 4. The number of aromatic amines is 1. The molecule has 0 saturated heterocycles. The van der Waals surface area contributed by atoms with Crippen LogP contribution in [-0.4, -0.2) is 75.1 Å². The third-order valence-corrected chi connectivity index (χ3v) is 5.32. The normalized spacial score (nSPS) is 15.3. The van der Waals surface area contributed by atoms with E-state index in [0.29, 0.717) is 5.56 Å². The molecule has 0 spiro atoms. The molecule has 1 heterocycles. The van der Waals surface area contributed by atoms with E-state index in [1.165, 1.54) is 13.8 Å². The van der Waals surface area contributed by atoms with Crippen LogP contribution in [0.15, 0.2) is 30.5 Å². The van der Waals surface area contributed by atoms with Crippen LogP contribution >= 0.6 is 0 Å². The lowest BCUT2D eigenvalue weighted by Crippen LogP contribution is -2.59. The maximum Gasteiger partial charge on any atom is 0.325 e. The maximum atomic E-state index is 13.2. The van der Waals surface area contributed by atoms with Crippen molar-refractivity contribution in [2.75, 3.05) is 0 Å². The number of carbonyl (C=O) groups is 5. The third kappa shape index (κ3) is 7.52. The molecule has 5 unspecified atom stereocenters. The molecule has 0 aliphatic rings. The molecule has 1 aromatic carbocycles. The van der Waals surface area contributed by atoms with Gasteiger partial charge in [0.25, 0.3) is 0 Å².